The maximum Gasteiger partial charge on any atom is 0.193 e. The molecule has 0 radical (unpaired) electrons. The molecule has 32 heavy (non-hydrogen) atoms. The lowest BCUT2D eigenvalue weighted by atomic mass is 9.92. The lowest BCUT2D eigenvalue weighted by molar-refractivity contribution is 0.103. The summed E-state index contributed by atoms with van der Waals surface area (Å²) in [4.78, 5) is 13.9. The summed E-state index contributed by atoms with van der Waals surface area (Å²) in [5.41, 5.74) is 7.34. The highest BCUT2D eigenvalue weighted by Gasteiger charge is 2.14. The summed E-state index contributed by atoms with van der Waals surface area (Å²) >= 11 is 1.61. The number of rotatable bonds is 5. The molecule has 0 amide bonds. The summed E-state index contributed by atoms with van der Waals surface area (Å²) in [5.74, 6) is 0.0623. The van der Waals surface area contributed by atoms with E-state index >= 15 is 0 Å². The van der Waals surface area contributed by atoms with Crippen LogP contribution in [0.3, 0.4) is 0 Å². The van der Waals surface area contributed by atoms with Crippen LogP contribution in [0.25, 0.3) is 32.7 Å². The van der Waals surface area contributed by atoms with E-state index in [1.807, 2.05) is 53.9 Å². The van der Waals surface area contributed by atoms with Crippen molar-refractivity contribution in [2.75, 3.05) is 0 Å². The van der Waals surface area contributed by atoms with Crippen LogP contribution in [0.5, 0.6) is 0 Å². The van der Waals surface area contributed by atoms with Gasteiger partial charge in [0.05, 0.1) is 0 Å². The van der Waals surface area contributed by atoms with Crippen LogP contribution in [-0.2, 0) is 0 Å². The molecule has 156 valence electrons. The van der Waals surface area contributed by atoms with Crippen LogP contribution < -0.4 is 0 Å². The van der Waals surface area contributed by atoms with Crippen molar-refractivity contribution in [2.45, 2.75) is 0 Å². The number of hydrogen-bond donors (Lipinski definition) is 0. The molecule has 1 nitrogen and oxygen atoms in total. The standard InChI is InChI=1S/C29H20OS.H2S/c30-29(23-14-8-3-9-15-23)25-19-28(31-20-25)24-16-17-26(21-10-4-1-5-11-21)27(18-24)22-12-6-2-7-13-22;/h1-20H;1H2. The Hall–Kier alpha value is -3.40. The van der Waals surface area contributed by atoms with Crippen LogP contribution in [0.1, 0.15) is 15.9 Å². The third kappa shape index (κ3) is 4.45. The number of ketones is 1. The number of benzene rings is 4. The average molecular weight is 451 g/mol. The molecule has 0 spiro atoms. The molecule has 1 heterocycles. The van der Waals surface area contributed by atoms with E-state index in [-0.39, 0.29) is 19.3 Å². The van der Waals surface area contributed by atoms with Gasteiger partial charge in [-0.2, -0.15) is 13.5 Å². The van der Waals surface area contributed by atoms with E-state index in [1.54, 1.807) is 11.3 Å². The van der Waals surface area contributed by atoms with Crippen LogP contribution >= 0.6 is 24.8 Å². The second-order valence-electron chi connectivity index (χ2n) is 7.39. The van der Waals surface area contributed by atoms with Crippen molar-refractivity contribution in [3.8, 4) is 32.7 Å². The molecular formula is C29H22OS2. The third-order valence-corrected chi connectivity index (χ3v) is 6.35. The normalized spacial score (nSPS) is 10.4. The van der Waals surface area contributed by atoms with Gasteiger partial charge in [-0.05, 0) is 39.9 Å². The molecule has 0 fully saturated rings. The molecule has 5 rings (SSSR count). The molecule has 0 aliphatic carbocycles. The fourth-order valence-electron chi connectivity index (χ4n) is 3.79. The first-order valence-electron chi connectivity index (χ1n) is 10.2. The van der Waals surface area contributed by atoms with Gasteiger partial charge in [0.15, 0.2) is 5.78 Å². The van der Waals surface area contributed by atoms with E-state index in [1.165, 1.54) is 22.3 Å². The zero-order valence-corrected chi connectivity index (χ0v) is 19.2. The molecule has 0 N–H and O–H groups in total. The highest BCUT2D eigenvalue weighted by Crippen LogP contribution is 2.37. The van der Waals surface area contributed by atoms with Crippen LogP contribution in [0.15, 0.2) is 121 Å². The van der Waals surface area contributed by atoms with Gasteiger partial charge in [0, 0.05) is 21.4 Å². The molecule has 0 aliphatic rings. The highest BCUT2D eigenvalue weighted by atomic mass is 32.1. The zero-order chi connectivity index (χ0) is 21.0. The predicted molar refractivity (Wildman–Crippen MR) is 141 cm³/mol. The maximum absolute atomic E-state index is 12.8. The minimum atomic E-state index is 0. The van der Waals surface area contributed by atoms with Gasteiger partial charge in [0.25, 0.3) is 0 Å². The second-order valence-corrected chi connectivity index (χ2v) is 8.30. The Kier molecular flexibility index (Phi) is 6.69. The number of carbonyl (C=O) groups is 1. The van der Waals surface area contributed by atoms with Gasteiger partial charge >= 0.3 is 0 Å². The average Bonchev–Trinajstić information content (AvgIpc) is 3.35. The summed E-state index contributed by atoms with van der Waals surface area (Å²) in [7, 11) is 0. The molecule has 0 unspecified atom stereocenters. The largest absolute Gasteiger partial charge is 0.289 e. The van der Waals surface area contributed by atoms with E-state index in [0.717, 1.165) is 21.6 Å². The van der Waals surface area contributed by atoms with Crippen molar-refractivity contribution in [3.05, 3.63) is 132 Å². The Bertz CT molecular complexity index is 1320. The van der Waals surface area contributed by atoms with E-state index < -0.39 is 0 Å². The maximum atomic E-state index is 12.8. The lowest BCUT2D eigenvalue weighted by Crippen LogP contribution is -1.98. The van der Waals surface area contributed by atoms with E-state index in [4.69, 9.17) is 0 Å². The van der Waals surface area contributed by atoms with Crippen molar-refractivity contribution in [1.82, 2.24) is 0 Å². The van der Waals surface area contributed by atoms with Crippen molar-refractivity contribution in [3.63, 3.8) is 0 Å². The first-order valence-corrected chi connectivity index (χ1v) is 11.1. The van der Waals surface area contributed by atoms with E-state index in [0.29, 0.717) is 0 Å². The molecule has 0 atom stereocenters. The van der Waals surface area contributed by atoms with E-state index in [9.17, 15) is 4.79 Å². The second kappa shape index (κ2) is 9.82. The number of hydrogen-bond acceptors (Lipinski definition) is 2. The highest BCUT2D eigenvalue weighted by molar-refractivity contribution is 7.59. The first-order chi connectivity index (χ1) is 15.3. The van der Waals surface area contributed by atoms with Crippen LogP contribution in [-0.4, -0.2) is 5.78 Å². The molecule has 4 aromatic carbocycles. The van der Waals surface area contributed by atoms with E-state index in [2.05, 4.69) is 66.7 Å². The first kappa shape index (κ1) is 21.8. The molecule has 0 saturated heterocycles. The third-order valence-electron chi connectivity index (χ3n) is 5.37. The molecule has 0 saturated carbocycles. The number of carbonyl (C=O) groups excluding carboxylic acids is 1. The Morgan fingerprint density at radius 2 is 1.09 bits per heavy atom. The molecule has 5 aromatic rings. The van der Waals surface area contributed by atoms with Crippen molar-refractivity contribution >= 4 is 30.6 Å². The lowest BCUT2D eigenvalue weighted by Gasteiger charge is -2.12. The summed E-state index contributed by atoms with van der Waals surface area (Å²) in [6.45, 7) is 0. The molecule has 1 aromatic heterocycles. The van der Waals surface area contributed by atoms with Crippen LogP contribution in [0.2, 0.25) is 0 Å². The smallest absolute Gasteiger partial charge is 0.193 e. The van der Waals surface area contributed by atoms with Gasteiger partial charge < -0.3 is 0 Å². The fourth-order valence-corrected chi connectivity index (χ4v) is 4.67. The van der Waals surface area contributed by atoms with Crippen molar-refractivity contribution in [2.24, 2.45) is 0 Å². The van der Waals surface area contributed by atoms with Gasteiger partial charge in [0.1, 0.15) is 0 Å². The predicted octanol–water partition coefficient (Wildman–Crippen LogP) is 8.09. The number of thiophene rings is 1. The van der Waals surface area contributed by atoms with Gasteiger partial charge in [-0.25, -0.2) is 0 Å². The van der Waals surface area contributed by atoms with Crippen molar-refractivity contribution < 1.29 is 4.79 Å². The quantitative estimate of drug-likeness (QED) is 0.247. The SMILES string of the molecule is O=C(c1ccccc1)c1csc(-c2ccc(-c3ccccc3)c(-c3ccccc3)c2)c1.S. The Morgan fingerprint density at radius 1 is 0.531 bits per heavy atom. The molecule has 0 aliphatic heterocycles. The Balaban J connectivity index is 0.00000245. The zero-order valence-electron chi connectivity index (χ0n) is 17.4. The summed E-state index contributed by atoms with van der Waals surface area (Å²) in [6.07, 6.45) is 0. The molecule has 3 heteroatoms. The fraction of sp³-hybridized carbons (Fsp3) is 0. The summed E-state index contributed by atoms with van der Waals surface area (Å²) < 4.78 is 0. The summed E-state index contributed by atoms with van der Waals surface area (Å²) in [6, 6.07) is 38.9. The van der Waals surface area contributed by atoms with Gasteiger partial charge in [-0.15, -0.1) is 11.3 Å². The summed E-state index contributed by atoms with van der Waals surface area (Å²) in [5, 5.41) is 1.96. The van der Waals surface area contributed by atoms with Gasteiger partial charge in [0.2, 0.25) is 0 Å². The Labute approximate surface area is 199 Å². The minimum Gasteiger partial charge on any atom is -0.289 e. The van der Waals surface area contributed by atoms with Gasteiger partial charge in [-0.3, -0.25) is 4.79 Å². The van der Waals surface area contributed by atoms with Crippen molar-refractivity contribution in [1.29, 1.82) is 0 Å². The van der Waals surface area contributed by atoms with Crippen LogP contribution in [0, 0.1) is 0 Å². The molecular weight excluding hydrogens is 428 g/mol. The molecule has 0 bridgehead atoms. The minimum absolute atomic E-state index is 0. The monoisotopic (exact) mass is 450 g/mol. The topological polar surface area (TPSA) is 17.1 Å². The Morgan fingerprint density at radius 3 is 1.72 bits per heavy atom. The van der Waals surface area contributed by atoms with Gasteiger partial charge in [-0.1, -0.05) is 103 Å². The van der Waals surface area contributed by atoms with Crippen LogP contribution in [0.4, 0.5) is 0 Å².